The highest BCUT2D eigenvalue weighted by Gasteiger charge is 2.21. The molecule has 0 fully saturated rings. The number of hydrogen-bond donors (Lipinski definition) is 0. The van der Waals surface area contributed by atoms with Gasteiger partial charge in [0.25, 0.3) is 0 Å². The molecule has 23 heavy (non-hydrogen) atoms. The first-order chi connectivity index (χ1) is 11.1. The Labute approximate surface area is 135 Å². The van der Waals surface area contributed by atoms with E-state index in [1.165, 1.54) is 11.8 Å². The molecular weight excluding hydrogens is 289 g/mol. The van der Waals surface area contributed by atoms with Gasteiger partial charge >= 0.3 is 0 Å². The van der Waals surface area contributed by atoms with Crippen LogP contribution in [0.2, 0.25) is 0 Å². The molecule has 0 saturated carbocycles. The summed E-state index contributed by atoms with van der Waals surface area (Å²) in [6.45, 7) is 7.41. The van der Waals surface area contributed by atoms with Gasteiger partial charge in [-0.05, 0) is 32.0 Å². The lowest BCUT2D eigenvalue weighted by Crippen LogP contribution is -2.38. The van der Waals surface area contributed by atoms with E-state index in [0.717, 1.165) is 36.2 Å². The third-order valence-corrected chi connectivity index (χ3v) is 4.71. The van der Waals surface area contributed by atoms with Gasteiger partial charge in [-0.2, -0.15) is 0 Å². The van der Waals surface area contributed by atoms with Gasteiger partial charge in [0.15, 0.2) is 0 Å². The number of benzene rings is 1. The van der Waals surface area contributed by atoms with Crippen LogP contribution in [0, 0.1) is 5.82 Å². The Balaban J connectivity index is 1.78. The third kappa shape index (κ3) is 2.43. The van der Waals surface area contributed by atoms with Gasteiger partial charge in [-0.15, -0.1) is 0 Å². The Kier molecular flexibility index (Phi) is 3.42. The molecule has 3 aromatic rings. The Morgan fingerprint density at radius 1 is 1.13 bits per heavy atom. The van der Waals surface area contributed by atoms with Crippen LogP contribution >= 0.6 is 0 Å². The van der Waals surface area contributed by atoms with Crippen LogP contribution in [0.3, 0.4) is 0 Å². The van der Waals surface area contributed by atoms with Crippen molar-refractivity contribution in [1.29, 1.82) is 0 Å². The molecule has 0 radical (unpaired) electrons. The van der Waals surface area contributed by atoms with E-state index in [9.17, 15) is 4.39 Å². The Hall–Kier alpha value is -2.20. The molecule has 0 unspecified atom stereocenters. The van der Waals surface area contributed by atoms with Crippen molar-refractivity contribution < 1.29 is 4.39 Å². The first-order valence-electron chi connectivity index (χ1n) is 8.10. The molecule has 2 aromatic heterocycles. The summed E-state index contributed by atoms with van der Waals surface area (Å²) in [6, 6.07) is 11.6. The van der Waals surface area contributed by atoms with Crippen LogP contribution in [0.25, 0.3) is 22.2 Å². The van der Waals surface area contributed by atoms with Gasteiger partial charge in [0, 0.05) is 54.1 Å². The van der Waals surface area contributed by atoms with Crippen molar-refractivity contribution in [3.63, 3.8) is 0 Å². The average Bonchev–Trinajstić information content (AvgIpc) is 2.91. The second-order valence-corrected chi connectivity index (χ2v) is 6.47. The fourth-order valence-electron chi connectivity index (χ4n) is 3.38. The average molecular weight is 309 g/mol. The number of pyridine rings is 1. The molecule has 0 spiro atoms. The number of nitrogens with zero attached hydrogens (tertiary/aromatic N) is 3. The number of aromatic nitrogens is 2. The quantitative estimate of drug-likeness (QED) is 0.711. The molecule has 4 rings (SSSR count). The molecule has 118 valence electrons. The molecule has 1 aliphatic rings. The molecule has 0 bridgehead atoms. The van der Waals surface area contributed by atoms with E-state index < -0.39 is 0 Å². The maximum absolute atomic E-state index is 14.0. The van der Waals surface area contributed by atoms with E-state index >= 15 is 0 Å². The van der Waals surface area contributed by atoms with Crippen LogP contribution in [0.15, 0.2) is 42.6 Å². The molecule has 1 aromatic carbocycles. The monoisotopic (exact) mass is 309 g/mol. The fraction of sp³-hybridized carbons (Fsp3) is 0.316. The second-order valence-electron chi connectivity index (χ2n) is 6.47. The van der Waals surface area contributed by atoms with Crippen molar-refractivity contribution in [2.45, 2.75) is 33.0 Å². The van der Waals surface area contributed by atoms with E-state index in [0.29, 0.717) is 11.6 Å². The summed E-state index contributed by atoms with van der Waals surface area (Å²) >= 11 is 0. The summed E-state index contributed by atoms with van der Waals surface area (Å²) in [5.41, 5.74) is 3.73. The van der Waals surface area contributed by atoms with Crippen LogP contribution in [-0.2, 0) is 13.1 Å². The first kappa shape index (κ1) is 14.4. The van der Waals surface area contributed by atoms with Crippen molar-refractivity contribution in [3.8, 4) is 11.1 Å². The maximum Gasteiger partial charge on any atom is 0.140 e. The zero-order valence-electron chi connectivity index (χ0n) is 13.5. The smallest absolute Gasteiger partial charge is 0.140 e. The van der Waals surface area contributed by atoms with Crippen molar-refractivity contribution in [2.75, 3.05) is 6.54 Å². The Bertz CT molecular complexity index is 866. The number of fused-ring (bicyclic) bond motifs is 3. The van der Waals surface area contributed by atoms with Gasteiger partial charge in [-0.1, -0.05) is 18.2 Å². The van der Waals surface area contributed by atoms with E-state index in [4.69, 9.17) is 0 Å². The standard InChI is InChI=1S/C19H20FN3/c1-13(2)22-7-8-23-16(12-22)10-14-9-15(11-21-19(14)23)17-5-3-4-6-18(17)20/h3-6,9-11,13H,7-8,12H2,1-2H3. The lowest BCUT2D eigenvalue weighted by Gasteiger charge is -2.31. The number of hydrogen-bond acceptors (Lipinski definition) is 2. The van der Waals surface area contributed by atoms with Gasteiger partial charge in [0.05, 0.1) is 0 Å². The molecular formula is C19H20FN3. The molecule has 0 amide bonds. The summed E-state index contributed by atoms with van der Waals surface area (Å²) < 4.78 is 16.3. The van der Waals surface area contributed by atoms with E-state index in [2.05, 4.69) is 34.4 Å². The van der Waals surface area contributed by atoms with E-state index in [1.54, 1.807) is 18.3 Å². The van der Waals surface area contributed by atoms with Crippen LogP contribution < -0.4 is 0 Å². The van der Waals surface area contributed by atoms with Gasteiger partial charge in [0.1, 0.15) is 11.5 Å². The summed E-state index contributed by atoms with van der Waals surface area (Å²) in [6.07, 6.45) is 1.78. The zero-order chi connectivity index (χ0) is 16.0. The summed E-state index contributed by atoms with van der Waals surface area (Å²) in [5.74, 6) is -0.205. The van der Waals surface area contributed by atoms with Crippen molar-refractivity contribution in [2.24, 2.45) is 0 Å². The maximum atomic E-state index is 14.0. The predicted molar refractivity (Wildman–Crippen MR) is 90.7 cm³/mol. The summed E-state index contributed by atoms with van der Waals surface area (Å²) in [5, 5.41) is 1.09. The Morgan fingerprint density at radius 3 is 2.74 bits per heavy atom. The van der Waals surface area contributed by atoms with Crippen molar-refractivity contribution >= 4 is 11.0 Å². The highest BCUT2D eigenvalue weighted by molar-refractivity contribution is 5.83. The number of halogens is 1. The van der Waals surface area contributed by atoms with Gasteiger partial charge in [-0.25, -0.2) is 9.37 Å². The SMILES string of the molecule is CC(C)N1CCn2c(cc3cc(-c4ccccc4F)cnc32)C1. The van der Waals surface area contributed by atoms with Gasteiger partial charge in [-0.3, -0.25) is 4.90 Å². The predicted octanol–water partition coefficient (Wildman–Crippen LogP) is 4.07. The normalized spacial score (nSPS) is 15.3. The van der Waals surface area contributed by atoms with Gasteiger partial charge < -0.3 is 4.57 Å². The molecule has 0 N–H and O–H groups in total. The molecule has 3 heterocycles. The van der Waals surface area contributed by atoms with Crippen LogP contribution in [0.5, 0.6) is 0 Å². The molecule has 0 saturated heterocycles. The lowest BCUT2D eigenvalue weighted by atomic mass is 10.1. The molecule has 3 nitrogen and oxygen atoms in total. The Morgan fingerprint density at radius 2 is 1.96 bits per heavy atom. The van der Waals surface area contributed by atoms with E-state index in [1.807, 2.05) is 12.1 Å². The van der Waals surface area contributed by atoms with Crippen LogP contribution in [0.4, 0.5) is 4.39 Å². The second kappa shape index (κ2) is 5.46. The molecule has 1 aliphatic heterocycles. The first-order valence-corrected chi connectivity index (χ1v) is 8.10. The minimum atomic E-state index is -0.205. The fourth-order valence-corrected chi connectivity index (χ4v) is 3.38. The zero-order valence-corrected chi connectivity index (χ0v) is 13.5. The summed E-state index contributed by atoms with van der Waals surface area (Å²) in [7, 11) is 0. The minimum absolute atomic E-state index is 0.205. The van der Waals surface area contributed by atoms with Crippen LogP contribution in [0.1, 0.15) is 19.5 Å². The van der Waals surface area contributed by atoms with Crippen molar-refractivity contribution in [1.82, 2.24) is 14.5 Å². The van der Waals surface area contributed by atoms with Crippen LogP contribution in [-0.4, -0.2) is 27.0 Å². The molecule has 0 aliphatic carbocycles. The highest BCUT2D eigenvalue weighted by Crippen LogP contribution is 2.28. The molecule has 4 heteroatoms. The minimum Gasteiger partial charge on any atom is -0.327 e. The number of rotatable bonds is 2. The van der Waals surface area contributed by atoms with Crippen molar-refractivity contribution in [3.05, 3.63) is 54.1 Å². The topological polar surface area (TPSA) is 21.1 Å². The molecule has 0 atom stereocenters. The lowest BCUT2D eigenvalue weighted by molar-refractivity contribution is 0.178. The largest absolute Gasteiger partial charge is 0.327 e. The third-order valence-electron chi connectivity index (χ3n) is 4.71. The van der Waals surface area contributed by atoms with Gasteiger partial charge in [0.2, 0.25) is 0 Å². The highest BCUT2D eigenvalue weighted by atomic mass is 19.1. The van der Waals surface area contributed by atoms with E-state index in [-0.39, 0.29) is 5.82 Å². The summed E-state index contributed by atoms with van der Waals surface area (Å²) in [4.78, 5) is 7.08.